The van der Waals surface area contributed by atoms with Crippen LogP contribution in [0.5, 0.6) is 0 Å². The number of ether oxygens (including phenoxy) is 1. The fourth-order valence-corrected chi connectivity index (χ4v) is 2.40. The Hall–Kier alpha value is -1.42. The minimum Gasteiger partial charge on any atom is -0.378 e. The van der Waals surface area contributed by atoms with Gasteiger partial charge in [-0.15, -0.1) is 0 Å². The molecule has 1 aromatic rings. The van der Waals surface area contributed by atoms with Crippen molar-refractivity contribution in [3.8, 4) is 0 Å². The van der Waals surface area contributed by atoms with Crippen molar-refractivity contribution in [3.05, 3.63) is 35.6 Å². The molecule has 0 bridgehead atoms. The van der Waals surface area contributed by atoms with Crippen LogP contribution in [0.3, 0.4) is 0 Å². The predicted molar refractivity (Wildman–Crippen MR) is 75.9 cm³/mol. The molecule has 0 saturated carbocycles. The molecule has 1 unspecified atom stereocenters. The van der Waals surface area contributed by atoms with Crippen LogP contribution in [0.1, 0.15) is 37.7 Å². The summed E-state index contributed by atoms with van der Waals surface area (Å²) in [6.07, 6.45) is 5.77. The summed E-state index contributed by atoms with van der Waals surface area (Å²) in [4.78, 5) is 11.7. The van der Waals surface area contributed by atoms with Gasteiger partial charge in [-0.2, -0.15) is 0 Å². The van der Waals surface area contributed by atoms with Gasteiger partial charge >= 0.3 is 0 Å². The van der Waals surface area contributed by atoms with Crippen LogP contribution < -0.4 is 5.32 Å². The monoisotopic (exact) mass is 279 g/mol. The van der Waals surface area contributed by atoms with Gasteiger partial charge in [-0.25, -0.2) is 4.39 Å². The van der Waals surface area contributed by atoms with Crippen LogP contribution in [0.15, 0.2) is 24.3 Å². The summed E-state index contributed by atoms with van der Waals surface area (Å²) in [5.74, 6) is -0.198. The summed E-state index contributed by atoms with van der Waals surface area (Å²) < 4.78 is 18.4. The van der Waals surface area contributed by atoms with Gasteiger partial charge in [0.1, 0.15) is 5.82 Å². The Morgan fingerprint density at radius 1 is 1.30 bits per heavy atom. The predicted octanol–water partition coefficient (Wildman–Crippen LogP) is 2.83. The lowest BCUT2D eigenvalue weighted by Crippen LogP contribution is -2.29. The number of aryl methyl sites for hydroxylation is 1. The van der Waals surface area contributed by atoms with E-state index in [1.54, 1.807) is 12.1 Å². The Labute approximate surface area is 119 Å². The third-order valence-corrected chi connectivity index (χ3v) is 3.62. The largest absolute Gasteiger partial charge is 0.378 e. The Kier molecular flexibility index (Phi) is 5.99. The highest BCUT2D eigenvalue weighted by atomic mass is 19.1. The van der Waals surface area contributed by atoms with Gasteiger partial charge < -0.3 is 10.1 Å². The van der Waals surface area contributed by atoms with Gasteiger partial charge in [0.2, 0.25) is 5.91 Å². The number of amides is 1. The van der Waals surface area contributed by atoms with E-state index < -0.39 is 0 Å². The van der Waals surface area contributed by atoms with E-state index in [4.69, 9.17) is 4.74 Å². The van der Waals surface area contributed by atoms with E-state index in [1.807, 2.05) is 0 Å². The van der Waals surface area contributed by atoms with Gasteiger partial charge in [-0.3, -0.25) is 4.79 Å². The normalized spacial score (nSPS) is 18.8. The molecule has 0 radical (unpaired) electrons. The quantitative estimate of drug-likeness (QED) is 0.869. The van der Waals surface area contributed by atoms with Crippen LogP contribution in [0.25, 0.3) is 0 Å². The average molecular weight is 279 g/mol. The number of benzene rings is 1. The van der Waals surface area contributed by atoms with E-state index in [2.05, 4.69) is 5.32 Å². The Morgan fingerprint density at radius 2 is 2.10 bits per heavy atom. The highest BCUT2D eigenvalue weighted by Gasteiger charge is 2.13. The lowest BCUT2D eigenvalue weighted by molar-refractivity contribution is -0.121. The first kappa shape index (κ1) is 15.0. The molecule has 20 heavy (non-hydrogen) atoms. The Balaban J connectivity index is 1.59. The minimum atomic E-state index is -0.245. The third kappa shape index (κ3) is 5.29. The molecule has 1 fully saturated rings. The summed E-state index contributed by atoms with van der Waals surface area (Å²) in [5.41, 5.74) is 0.983. The molecule has 0 aromatic heterocycles. The number of hydrogen-bond acceptors (Lipinski definition) is 2. The maximum absolute atomic E-state index is 12.7. The van der Waals surface area contributed by atoms with Gasteiger partial charge in [0.15, 0.2) is 0 Å². The van der Waals surface area contributed by atoms with Crippen molar-refractivity contribution < 1.29 is 13.9 Å². The van der Waals surface area contributed by atoms with Crippen molar-refractivity contribution in [3.63, 3.8) is 0 Å². The molecule has 1 saturated heterocycles. The Bertz CT molecular complexity index is 413. The first-order chi connectivity index (χ1) is 9.74. The molecule has 3 nitrogen and oxygen atoms in total. The van der Waals surface area contributed by atoms with Gasteiger partial charge in [0.25, 0.3) is 0 Å². The van der Waals surface area contributed by atoms with E-state index in [9.17, 15) is 9.18 Å². The van der Waals surface area contributed by atoms with Crippen molar-refractivity contribution in [1.82, 2.24) is 5.32 Å². The topological polar surface area (TPSA) is 38.3 Å². The number of carbonyl (C=O) groups excluding carboxylic acids is 1. The first-order valence-corrected chi connectivity index (χ1v) is 7.37. The SMILES string of the molecule is O=C(CCc1ccc(F)cc1)NCCC1CCCCO1. The second-order valence-corrected chi connectivity index (χ2v) is 5.25. The van der Waals surface area contributed by atoms with E-state index in [0.29, 0.717) is 25.5 Å². The molecule has 1 N–H and O–H groups in total. The van der Waals surface area contributed by atoms with Crippen LogP contribution in [0.2, 0.25) is 0 Å². The van der Waals surface area contributed by atoms with Crippen LogP contribution >= 0.6 is 0 Å². The van der Waals surface area contributed by atoms with Gasteiger partial charge in [-0.1, -0.05) is 12.1 Å². The molecule has 1 aliphatic rings. The zero-order chi connectivity index (χ0) is 14.2. The fourth-order valence-electron chi connectivity index (χ4n) is 2.40. The summed E-state index contributed by atoms with van der Waals surface area (Å²) in [5, 5.41) is 2.92. The molecule has 1 aliphatic heterocycles. The van der Waals surface area contributed by atoms with Gasteiger partial charge in [0, 0.05) is 19.6 Å². The third-order valence-electron chi connectivity index (χ3n) is 3.62. The summed E-state index contributed by atoms with van der Waals surface area (Å²) >= 11 is 0. The highest BCUT2D eigenvalue weighted by molar-refractivity contribution is 5.76. The maximum Gasteiger partial charge on any atom is 0.220 e. The molecule has 1 heterocycles. The number of carbonyl (C=O) groups is 1. The molecule has 110 valence electrons. The second-order valence-electron chi connectivity index (χ2n) is 5.25. The zero-order valence-electron chi connectivity index (χ0n) is 11.7. The highest BCUT2D eigenvalue weighted by Crippen LogP contribution is 2.14. The molecule has 1 aromatic carbocycles. The van der Waals surface area contributed by atoms with Crippen molar-refractivity contribution in [2.24, 2.45) is 0 Å². The first-order valence-electron chi connectivity index (χ1n) is 7.37. The van der Waals surface area contributed by atoms with Gasteiger partial charge in [0.05, 0.1) is 6.10 Å². The number of rotatable bonds is 6. The smallest absolute Gasteiger partial charge is 0.220 e. The Morgan fingerprint density at radius 3 is 2.80 bits per heavy atom. The molecular weight excluding hydrogens is 257 g/mol. The van der Waals surface area contributed by atoms with E-state index in [0.717, 1.165) is 31.4 Å². The van der Waals surface area contributed by atoms with E-state index in [1.165, 1.54) is 18.6 Å². The van der Waals surface area contributed by atoms with Crippen molar-refractivity contribution >= 4 is 5.91 Å². The fraction of sp³-hybridized carbons (Fsp3) is 0.562. The molecule has 1 amide bonds. The van der Waals surface area contributed by atoms with E-state index in [-0.39, 0.29) is 11.7 Å². The molecular formula is C16H22FNO2. The van der Waals surface area contributed by atoms with Crippen molar-refractivity contribution in [2.45, 2.75) is 44.6 Å². The second kappa shape index (κ2) is 8.00. The van der Waals surface area contributed by atoms with Gasteiger partial charge in [-0.05, 0) is 49.8 Å². The number of nitrogens with one attached hydrogen (secondary N) is 1. The summed E-state index contributed by atoms with van der Waals surface area (Å²) in [7, 11) is 0. The van der Waals surface area contributed by atoms with Crippen LogP contribution in [-0.2, 0) is 16.0 Å². The number of hydrogen-bond donors (Lipinski definition) is 1. The molecule has 4 heteroatoms. The maximum atomic E-state index is 12.7. The number of halogens is 1. The lowest BCUT2D eigenvalue weighted by Gasteiger charge is -2.22. The minimum absolute atomic E-state index is 0.0464. The van der Waals surface area contributed by atoms with Crippen LogP contribution in [0, 0.1) is 5.82 Å². The van der Waals surface area contributed by atoms with Crippen LogP contribution in [-0.4, -0.2) is 25.2 Å². The standard InChI is InChI=1S/C16H22FNO2/c17-14-7-4-13(5-8-14)6-9-16(19)18-11-10-15-3-1-2-12-20-15/h4-5,7-8,15H,1-3,6,9-12H2,(H,18,19). The zero-order valence-corrected chi connectivity index (χ0v) is 11.7. The molecule has 2 rings (SSSR count). The van der Waals surface area contributed by atoms with E-state index >= 15 is 0 Å². The van der Waals surface area contributed by atoms with Crippen molar-refractivity contribution in [2.75, 3.05) is 13.2 Å². The molecule has 0 spiro atoms. The summed E-state index contributed by atoms with van der Waals surface area (Å²) in [6, 6.07) is 6.29. The average Bonchev–Trinajstić information content (AvgIpc) is 2.48. The van der Waals surface area contributed by atoms with Crippen LogP contribution in [0.4, 0.5) is 4.39 Å². The summed E-state index contributed by atoms with van der Waals surface area (Å²) in [6.45, 7) is 1.52. The molecule has 0 aliphatic carbocycles. The van der Waals surface area contributed by atoms with Crippen molar-refractivity contribution in [1.29, 1.82) is 0 Å². The lowest BCUT2D eigenvalue weighted by atomic mass is 10.1. The molecule has 1 atom stereocenters.